The minimum Gasteiger partial charge on any atom is -0.319 e. The molecule has 2 rings (SSSR count). The molecule has 0 radical (unpaired) electrons. The highest BCUT2D eigenvalue weighted by Crippen LogP contribution is 2.44. The molecular weight excluding hydrogens is 273 g/mol. The summed E-state index contributed by atoms with van der Waals surface area (Å²) >= 11 is 6.33. The number of halogens is 2. The van der Waals surface area contributed by atoms with Crippen molar-refractivity contribution >= 4 is 11.6 Å². The van der Waals surface area contributed by atoms with Crippen LogP contribution in [0.3, 0.4) is 0 Å². The Bertz CT molecular complexity index is 435. The van der Waals surface area contributed by atoms with Crippen molar-refractivity contribution in [3.8, 4) is 0 Å². The number of nitrogens with one attached hydrogen (secondary N) is 1. The summed E-state index contributed by atoms with van der Waals surface area (Å²) < 4.78 is 13.6. The van der Waals surface area contributed by atoms with Crippen LogP contribution in [0.2, 0.25) is 5.02 Å². The van der Waals surface area contributed by atoms with Crippen molar-refractivity contribution < 1.29 is 4.39 Å². The third-order valence-electron chi connectivity index (χ3n) is 4.62. The maximum Gasteiger partial charge on any atom is 0.123 e. The van der Waals surface area contributed by atoms with Crippen LogP contribution in [0.15, 0.2) is 18.2 Å². The Hall–Kier alpha value is -0.600. The first-order valence-electron chi connectivity index (χ1n) is 7.75. The first kappa shape index (κ1) is 15.8. The lowest BCUT2D eigenvalue weighted by Gasteiger charge is -2.37. The van der Waals surface area contributed by atoms with Crippen molar-refractivity contribution in [2.24, 2.45) is 11.8 Å². The maximum atomic E-state index is 13.6. The normalized spacial score (nSPS) is 26.7. The van der Waals surface area contributed by atoms with Crippen molar-refractivity contribution in [1.29, 1.82) is 0 Å². The Morgan fingerprint density at radius 1 is 1.35 bits per heavy atom. The molecule has 1 fully saturated rings. The molecule has 0 heterocycles. The van der Waals surface area contributed by atoms with Crippen LogP contribution in [0.4, 0.5) is 4.39 Å². The van der Waals surface area contributed by atoms with Gasteiger partial charge in [-0.2, -0.15) is 0 Å². The molecule has 0 bridgehead atoms. The van der Waals surface area contributed by atoms with Gasteiger partial charge >= 0.3 is 0 Å². The Labute approximate surface area is 126 Å². The van der Waals surface area contributed by atoms with Crippen molar-refractivity contribution in [2.45, 2.75) is 44.9 Å². The van der Waals surface area contributed by atoms with Gasteiger partial charge in [0.25, 0.3) is 0 Å². The molecule has 0 aromatic heterocycles. The van der Waals surface area contributed by atoms with Crippen molar-refractivity contribution in [1.82, 2.24) is 5.32 Å². The second-order valence-corrected chi connectivity index (χ2v) is 6.47. The topological polar surface area (TPSA) is 12.0 Å². The van der Waals surface area contributed by atoms with Crippen molar-refractivity contribution in [3.05, 3.63) is 34.6 Å². The van der Waals surface area contributed by atoms with E-state index >= 15 is 0 Å². The standard InChI is InChI=1S/C17H25ClFN/c1-3-4-12-5-6-13(11-20-2)15(9-12)16-10-14(19)7-8-17(16)18/h7-8,10,12-13,15,20H,3-6,9,11H2,1-2H3. The highest BCUT2D eigenvalue weighted by Gasteiger charge is 2.32. The van der Waals surface area contributed by atoms with Crippen molar-refractivity contribution in [2.75, 3.05) is 13.6 Å². The van der Waals surface area contributed by atoms with E-state index in [2.05, 4.69) is 12.2 Å². The third-order valence-corrected chi connectivity index (χ3v) is 4.97. The quantitative estimate of drug-likeness (QED) is 0.806. The first-order valence-corrected chi connectivity index (χ1v) is 8.13. The summed E-state index contributed by atoms with van der Waals surface area (Å²) in [7, 11) is 1.99. The fraction of sp³-hybridized carbons (Fsp3) is 0.647. The second kappa shape index (κ2) is 7.42. The first-order chi connectivity index (χ1) is 9.65. The lowest BCUT2D eigenvalue weighted by Crippen LogP contribution is -2.30. The zero-order chi connectivity index (χ0) is 14.5. The van der Waals surface area contributed by atoms with Gasteiger partial charge in [-0.15, -0.1) is 0 Å². The minimum absolute atomic E-state index is 0.176. The van der Waals surface area contributed by atoms with Gasteiger partial charge in [0.2, 0.25) is 0 Å². The number of hydrogen-bond donors (Lipinski definition) is 1. The van der Waals surface area contributed by atoms with Crippen LogP contribution in [-0.4, -0.2) is 13.6 Å². The molecule has 1 aliphatic carbocycles. The van der Waals surface area contributed by atoms with E-state index in [4.69, 9.17) is 11.6 Å². The fourth-order valence-corrected chi connectivity index (χ4v) is 3.93. The molecule has 1 aromatic carbocycles. The summed E-state index contributed by atoms with van der Waals surface area (Å²) in [5.74, 6) is 1.53. The highest BCUT2D eigenvalue weighted by atomic mass is 35.5. The molecular formula is C17H25ClFN. The zero-order valence-corrected chi connectivity index (χ0v) is 13.2. The predicted octanol–water partition coefficient (Wildman–Crippen LogP) is 5.00. The monoisotopic (exact) mass is 297 g/mol. The van der Waals surface area contributed by atoms with Gasteiger partial charge in [-0.25, -0.2) is 4.39 Å². The molecule has 20 heavy (non-hydrogen) atoms. The van der Waals surface area contributed by atoms with E-state index < -0.39 is 0 Å². The predicted molar refractivity (Wildman–Crippen MR) is 83.8 cm³/mol. The molecule has 0 aliphatic heterocycles. The molecule has 1 saturated carbocycles. The molecule has 0 saturated heterocycles. The summed E-state index contributed by atoms with van der Waals surface area (Å²) in [5, 5.41) is 4.00. The van der Waals surface area contributed by atoms with Gasteiger partial charge in [-0.3, -0.25) is 0 Å². The van der Waals surface area contributed by atoms with Crippen LogP contribution in [0, 0.1) is 17.7 Å². The van der Waals surface area contributed by atoms with Gasteiger partial charge < -0.3 is 5.32 Å². The lowest BCUT2D eigenvalue weighted by molar-refractivity contribution is 0.223. The van der Waals surface area contributed by atoms with E-state index in [0.29, 0.717) is 11.8 Å². The van der Waals surface area contributed by atoms with Crippen LogP contribution >= 0.6 is 11.6 Å². The molecule has 3 unspecified atom stereocenters. The summed E-state index contributed by atoms with van der Waals surface area (Å²) in [4.78, 5) is 0. The van der Waals surface area contributed by atoms with E-state index in [1.807, 2.05) is 7.05 Å². The average molecular weight is 298 g/mol. The smallest absolute Gasteiger partial charge is 0.123 e. The molecule has 0 spiro atoms. The van der Waals surface area contributed by atoms with Crippen LogP contribution in [0.5, 0.6) is 0 Å². The molecule has 1 N–H and O–H groups in total. The van der Waals surface area contributed by atoms with Gasteiger partial charge in [0, 0.05) is 5.02 Å². The molecule has 1 nitrogen and oxygen atoms in total. The van der Waals surface area contributed by atoms with E-state index in [9.17, 15) is 4.39 Å². The van der Waals surface area contributed by atoms with Crippen LogP contribution in [-0.2, 0) is 0 Å². The van der Waals surface area contributed by atoms with Crippen molar-refractivity contribution in [3.63, 3.8) is 0 Å². The van der Waals surface area contributed by atoms with Crippen LogP contribution in [0.1, 0.15) is 50.5 Å². The second-order valence-electron chi connectivity index (χ2n) is 6.06. The third kappa shape index (κ3) is 3.73. The average Bonchev–Trinajstić information content (AvgIpc) is 2.44. The maximum absolute atomic E-state index is 13.6. The number of rotatable bonds is 5. The summed E-state index contributed by atoms with van der Waals surface area (Å²) in [6.07, 6.45) is 6.15. The number of hydrogen-bond acceptors (Lipinski definition) is 1. The summed E-state index contributed by atoms with van der Waals surface area (Å²) in [6.45, 7) is 3.22. The SMILES string of the molecule is CCCC1CCC(CNC)C(c2cc(F)ccc2Cl)C1. The molecule has 112 valence electrons. The summed E-state index contributed by atoms with van der Waals surface area (Å²) in [5.41, 5.74) is 1.01. The van der Waals surface area contributed by atoms with Gasteiger partial charge in [0.05, 0.1) is 0 Å². The van der Waals surface area contributed by atoms with Gasteiger partial charge in [0.1, 0.15) is 5.82 Å². The molecule has 3 atom stereocenters. The van der Waals surface area contributed by atoms with Crippen LogP contribution < -0.4 is 5.32 Å². The summed E-state index contributed by atoms with van der Waals surface area (Å²) in [6, 6.07) is 4.79. The zero-order valence-electron chi connectivity index (χ0n) is 12.5. The van der Waals surface area contributed by atoms with E-state index in [1.165, 1.54) is 31.7 Å². The fourth-order valence-electron chi connectivity index (χ4n) is 3.68. The largest absolute Gasteiger partial charge is 0.319 e. The molecule has 0 amide bonds. The van der Waals surface area contributed by atoms with Gasteiger partial charge in [-0.1, -0.05) is 37.8 Å². The van der Waals surface area contributed by atoms with Gasteiger partial charge in [0.15, 0.2) is 0 Å². The molecule has 3 heteroatoms. The molecule has 1 aliphatic rings. The Morgan fingerprint density at radius 3 is 2.85 bits per heavy atom. The number of benzene rings is 1. The van der Waals surface area contributed by atoms with E-state index in [-0.39, 0.29) is 5.82 Å². The van der Waals surface area contributed by atoms with Gasteiger partial charge in [-0.05, 0) is 68.0 Å². The Kier molecular flexibility index (Phi) is 5.86. The Balaban J connectivity index is 2.23. The van der Waals surface area contributed by atoms with E-state index in [1.54, 1.807) is 12.1 Å². The van der Waals surface area contributed by atoms with E-state index in [0.717, 1.165) is 29.5 Å². The molecule has 1 aromatic rings. The minimum atomic E-state index is -0.176. The Morgan fingerprint density at radius 2 is 2.15 bits per heavy atom. The lowest BCUT2D eigenvalue weighted by atomic mass is 9.70. The van der Waals surface area contributed by atoms with Crippen LogP contribution in [0.25, 0.3) is 0 Å². The highest BCUT2D eigenvalue weighted by molar-refractivity contribution is 6.31.